The van der Waals surface area contributed by atoms with E-state index in [2.05, 4.69) is 0 Å². The lowest BCUT2D eigenvalue weighted by molar-refractivity contribution is -0.407. The van der Waals surface area contributed by atoms with Crippen molar-refractivity contribution in [2.45, 2.75) is 24.1 Å². The first kappa shape index (κ1) is 14.3. The van der Waals surface area contributed by atoms with Crippen molar-refractivity contribution in [1.82, 2.24) is 5.48 Å². The summed E-state index contributed by atoms with van der Waals surface area (Å²) in [6, 6.07) is 0. The normalized spacial score (nSPS) is 15.6. The molecule has 0 atom stereocenters. The molecule has 0 spiro atoms. The van der Waals surface area contributed by atoms with Crippen molar-refractivity contribution < 1.29 is 44.7 Å². The third kappa shape index (κ3) is 1.97. The fourth-order valence-corrected chi connectivity index (χ4v) is 0.672. The number of rotatable bonds is 1. The van der Waals surface area contributed by atoms with Crippen LogP contribution in [0.5, 0.6) is 0 Å². The maximum atomic E-state index is 11.7. The standard InChI is InChI=1S/C4H2F9NO/c5-2(6,7)1(14-15,3(8,9)10)4(11,12)13/h14-15H. The Bertz CT molecular complexity index is 188. The lowest BCUT2D eigenvalue weighted by Crippen LogP contribution is -2.73. The summed E-state index contributed by atoms with van der Waals surface area (Å²) < 4.78 is 105. The maximum absolute atomic E-state index is 11.7. The van der Waals surface area contributed by atoms with E-state index in [1.54, 1.807) is 0 Å². The van der Waals surface area contributed by atoms with E-state index in [1.807, 2.05) is 0 Å². The summed E-state index contributed by atoms with van der Waals surface area (Å²) in [5, 5.41) is 7.57. The van der Waals surface area contributed by atoms with Crippen LogP contribution in [0.4, 0.5) is 39.5 Å². The number of nitrogens with one attached hydrogen (secondary N) is 1. The van der Waals surface area contributed by atoms with Gasteiger partial charge in [-0.15, -0.1) is 0 Å². The summed E-state index contributed by atoms with van der Waals surface area (Å²) in [5.41, 5.74) is -7.08. The van der Waals surface area contributed by atoms with E-state index in [4.69, 9.17) is 5.21 Å². The molecule has 0 saturated carbocycles. The molecule has 0 amide bonds. The third-order valence-electron chi connectivity index (χ3n) is 1.44. The molecular weight excluding hydrogens is 249 g/mol. The van der Waals surface area contributed by atoms with Gasteiger partial charge in [0.15, 0.2) is 0 Å². The van der Waals surface area contributed by atoms with Crippen molar-refractivity contribution in [3.05, 3.63) is 0 Å². The smallest absolute Gasteiger partial charge is 0.315 e. The molecule has 0 bridgehead atoms. The minimum Gasteiger partial charge on any atom is -0.315 e. The number of hydrogen-bond donors (Lipinski definition) is 2. The van der Waals surface area contributed by atoms with E-state index >= 15 is 0 Å². The van der Waals surface area contributed by atoms with Crippen LogP contribution >= 0.6 is 0 Å². The second-order valence-electron chi connectivity index (χ2n) is 2.36. The molecule has 15 heavy (non-hydrogen) atoms. The van der Waals surface area contributed by atoms with Crippen LogP contribution in [0, 0.1) is 0 Å². The SMILES string of the molecule is ONC(C(F)(F)F)(C(F)(F)F)C(F)(F)F. The van der Waals surface area contributed by atoms with Gasteiger partial charge in [0.1, 0.15) is 0 Å². The summed E-state index contributed by atoms with van der Waals surface area (Å²) >= 11 is 0. The highest BCUT2D eigenvalue weighted by Gasteiger charge is 2.84. The molecule has 11 heteroatoms. The summed E-state index contributed by atoms with van der Waals surface area (Å²) in [6.45, 7) is 0. The molecule has 0 rings (SSSR count). The van der Waals surface area contributed by atoms with E-state index in [1.165, 1.54) is 0 Å². The topological polar surface area (TPSA) is 32.3 Å². The Morgan fingerprint density at radius 2 is 0.800 bits per heavy atom. The van der Waals surface area contributed by atoms with Crippen LogP contribution in [0.1, 0.15) is 0 Å². The summed E-state index contributed by atoms with van der Waals surface area (Å²) in [5.74, 6) is 0. The van der Waals surface area contributed by atoms with Gasteiger partial charge < -0.3 is 5.21 Å². The van der Waals surface area contributed by atoms with E-state index in [9.17, 15) is 39.5 Å². The molecule has 0 aliphatic heterocycles. The Morgan fingerprint density at radius 1 is 0.600 bits per heavy atom. The van der Waals surface area contributed by atoms with Crippen molar-refractivity contribution in [3.63, 3.8) is 0 Å². The molecule has 92 valence electrons. The number of alkyl halides is 9. The monoisotopic (exact) mass is 251 g/mol. The average Bonchev–Trinajstić information content (AvgIpc) is 1.76. The van der Waals surface area contributed by atoms with E-state index in [-0.39, 0.29) is 0 Å². The maximum Gasteiger partial charge on any atom is 0.426 e. The molecule has 2 N–H and O–H groups in total. The zero-order valence-electron chi connectivity index (χ0n) is 6.35. The number of hydroxylamine groups is 1. The number of hydrogen-bond acceptors (Lipinski definition) is 2. The first-order valence-electron chi connectivity index (χ1n) is 2.92. The summed E-state index contributed by atoms with van der Waals surface area (Å²) in [6.07, 6.45) is -20.3. The van der Waals surface area contributed by atoms with Gasteiger partial charge in [-0.05, 0) is 0 Å². The van der Waals surface area contributed by atoms with Crippen LogP contribution in [0.2, 0.25) is 0 Å². The molecule has 0 aromatic rings. The second kappa shape index (κ2) is 3.40. The lowest BCUT2D eigenvalue weighted by Gasteiger charge is -2.36. The van der Waals surface area contributed by atoms with Gasteiger partial charge in [0.05, 0.1) is 0 Å². The quantitative estimate of drug-likeness (QED) is 0.554. The van der Waals surface area contributed by atoms with Gasteiger partial charge in [-0.1, -0.05) is 0 Å². The van der Waals surface area contributed by atoms with Crippen LogP contribution in [-0.2, 0) is 0 Å². The van der Waals surface area contributed by atoms with Gasteiger partial charge in [0, 0.05) is 0 Å². The minimum atomic E-state index is -6.78. The second-order valence-corrected chi connectivity index (χ2v) is 2.36. The van der Waals surface area contributed by atoms with Crippen molar-refractivity contribution in [2.24, 2.45) is 0 Å². The summed E-state index contributed by atoms with van der Waals surface area (Å²) in [7, 11) is 0. The Kier molecular flexibility index (Phi) is 3.24. The minimum absolute atomic E-state index is 0.740. The molecular formula is C4H2F9NO. The van der Waals surface area contributed by atoms with Gasteiger partial charge >= 0.3 is 24.1 Å². The van der Waals surface area contributed by atoms with Crippen molar-refractivity contribution in [1.29, 1.82) is 0 Å². The largest absolute Gasteiger partial charge is 0.426 e. The van der Waals surface area contributed by atoms with E-state index in [0.29, 0.717) is 0 Å². The highest BCUT2D eigenvalue weighted by molar-refractivity contribution is 5.05. The lowest BCUT2D eigenvalue weighted by atomic mass is 9.98. The van der Waals surface area contributed by atoms with Crippen LogP contribution in [0.3, 0.4) is 0 Å². The predicted molar refractivity (Wildman–Crippen MR) is 25.8 cm³/mol. The molecule has 0 saturated heterocycles. The Balaban J connectivity index is 5.78. The van der Waals surface area contributed by atoms with Gasteiger partial charge in [-0.2, -0.15) is 45.0 Å². The van der Waals surface area contributed by atoms with Gasteiger partial charge in [0.25, 0.3) is 0 Å². The zero-order valence-corrected chi connectivity index (χ0v) is 6.35. The van der Waals surface area contributed by atoms with Gasteiger partial charge in [-0.25, -0.2) is 0 Å². The highest BCUT2D eigenvalue weighted by Crippen LogP contribution is 2.51. The molecule has 0 aromatic heterocycles. The number of halogens is 9. The zero-order chi connectivity index (χ0) is 12.7. The molecule has 0 aliphatic carbocycles. The molecule has 0 fully saturated rings. The molecule has 0 radical (unpaired) electrons. The molecule has 0 aromatic carbocycles. The van der Waals surface area contributed by atoms with Crippen molar-refractivity contribution in [2.75, 3.05) is 0 Å². The average molecular weight is 251 g/mol. The van der Waals surface area contributed by atoms with E-state index in [0.717, 1.165) is 0 Å². The fourth-order valence-electron chi connectivity index (χ4n) is 0.672. The first-order valence-corrected chi connectivity index (χ1v) is 2.92. The fraction of sp³-hybridized carbons (Fsp3) is 1.00. The van der Waals surface area contributed by atoms with Crippen LogP contribution in [0.15, 0.2) is 0 Å². The van der Waals surface area contributed by atoms with Crippen LogP contribution < -0.4 is 5.48 Å². The van der Waals surface area contributed by atoms with Crippen molar-refractivity contribution >= 4 is 0 Å². The molecule has 0 aliphatic rings. The van der Waals surface area contributed by atoms with E-state index < -0.39 is 29.5 Å². The van der Waals surface area contributed by atoms with Crippen LogP contribution in [0.25, 0.3) is 0 Å². The predicted octanol–water partition coefficient (Wildman–Crippen LogP) is 2.39. The Labute approximate surface area is 75.6 Å². The Morgan fingerprint density at radius 3 is 0.800 bits per heavy atom. The highest BCUT2D eigenvalue weighted by atomic mass is 19.4. The molecule has 0 heterocycles. The van der Waals surface area contributed by atoms with Gasteiger partial charge in [0.2, 0.25) is 0 Å². The van der Waals surface area contributed by atoms with Gasteiger partial charge in [-0.3, -0.25) is 0 Å². The Hall–Kier alpha value is -0.710. The van der Waals surface area contributed by atoms with Crippen molar-refractivity contribution in [3.8, 4) is 0 Å². The first-order chi connectivity index (χ1) is 6.31. The third-order valence-corrected chi connectivity index (χ3v) is 1.44. The summed E-state index contributed by atoms with van der Waals surface area (Å²) in [4.78, 5) is 0. The molecule has 2 nitrogen and oxygen atoms in total. The van der Waals surface area contributed by atoms with Crippen LogP contribution in [-0.4, -0.2) is 29.3 Å². The molecule has 0 unspecified atom stereocenters.